The number of ether oxygens (including phenoxy) is 2. The van der Waals surface area contributed by atoms with Crippen LogP contribution >= 0.6 is 0 Å². The van der Waals surface area contributed by atoms with Crippen molar-refractivity contribution in [3.8, 4) is 11.5 Å². The van der Waals surface area contributed by atoms with Gasteiger partial charge < -0.3 is 9.47 Å². The van der Waals surface area contributed by atoms with Gasteiger partial charge in [0.1, 0.15) is 11.5 Å². The predicted octanol–water partition coefficient (Wildman–Crippen LogP) is 9.08. The number of carbonyl (C=O) groups is 2. The SMILES string of the molecule is CCCCCCCCCCOc1ccc(OC(=O)c2ccc(/C=C3/C(=O)[C@@H](C(C)C)CC[C@H]3C)cc2)cc1. The van der Waals surface area contributed by atoms with Crippen LogP contribution in [0.4, 0.5) is 0 Å². The molecule has 0 saturated heterocycles. The minimum atomic E-state index is -0.404. The van der Waals surface area contributed by atoms with E-state index in [0.717, 1.165) is 36.1 Å². The van der Waals surface area contributed by atoms with E-state index in [2.05, 4.69) is 27.7 Å². The molecule has 2 atom stereocenters. The maximum absolute atomic E-state index is 13.0. The summed E-state index contributed by atoms with van der Waals surface area (Å²) in [6, 6.07) is 14.5. The van der Waals surface area contributed by atoms with Crippen LogP contribution in [0.25, 0.3) is 6.08 Å². The van der Waals surface area contributed by atoms with Crippen molar-refractivity contribution in [1.82, 2.24) is 0 Å². The second-order valence-electron chi connectivity index (χ2n) is 11.1. The van der Waals surface area contributed by atoms with E-state index in [9.17, 15) is 9.59 Å². The first kappa shape index (κ1) is 29.7. The summed E-state index contributed by atoms with van der Waals surface area (Å²) in [5, 5.41) is 0. The lowest BCUT2D eigenvalue weighted by molar-refractivity contribution is -0.122. The number of allylic oxidation sites excluding steroid dienone is 1. The fourth-order valence-electron chi connectivity index (χ4n) is 5.11. The Morgan fingerprint density at radius 3 is 2.11 bits per heavy atom. The Morgan fingerprint density at radius 1 is 0.868 bits per heavy atom. The summed E-state index contributed by atoms with van der Waals surface area (Å²) in [6.45, 7) is 9.32. The van der Waals surface area contributed by atoms with Crippen molar-refractivity contribution in [2.75, 3.05) is 6.61 Å². The molecule has 1 aliphatic carbocycles. The van der Waals surface area contributed by atoms with Gasteiger partial charge in [-0.1, -0.05) is 84.8 Å². The lowest BCUT2D eigenvalue weighted by atomic mass is 9.73. The molecule has 38 heavy (non-hydrogen) atoms. The van der Waals surface area contributed by atoms with Crippen LogP contribution in [-0.2, 0) is 4.79 Å². The second kappa shape index (κ2) is 15.5. The summed E-state index contributed by atoms with van der Waals surface area (Å²) in [4.78, 5) is 25.6. The monoisotopic (exact) mass is 518 g/mol. The summed E-state index contributed by atoms with van der Waals surface area (Å²) in [5.74, 6) is 1.86. The molecule has 2 aromatic carbocycles. The van der Waals surface area contributed by atoms with E-state index in [4.69, 9.17) is 9.47 Å². The van der Waals surface area contributed by atoms with E-state index in [1.807, 2.05) is 30.3 Å². The van der Waals surface area contributed by atoms with Gasteiger partial charge in [0.05, 0.1) is 12.2 Å². The maximum atomic E-state index is 13.0. The topological polar surface area (TPSA) is 52.6 Å². The third-order valence-corrected chi connectivity index (χ3v) is 7.64. The molecule has 0 amide bonds. The highest BCUT2D eigenvalue weighted by atomic mass is 16.5. The number of benzene rings is 2. The van der Waals surface area contributed by atoms with Crippen LogP contribution in [0.3, 0.4) is 0 Å². The van der Waals surface area contributed by atoms with Crippen molar-refractivity contribution >= 4 is 17.8 Å². The molecule has 0 aliphatic heterocycles. The van der Waals surface area contributed by atoms with E-state index < -0.39 is 5.97 Å². The molecule has 1 fully saturated rings. The molecular weight excluding hydrogens is 472 g/mol. The highest BCUT2D eigenvalue weighted by Gasteiger charge is 2.32. The van der Waals surface area contributed by atoms with Crippen LogP contribution in [-0.4, -0.2) is 18.4 Å². The average Bonchev–Trinajstić information content (AvgIpc) is 2.91. The molecule has 4 heteroatoms. The van der Waals surface area contributed by atoms with Crippen LogP contribution in [0.15, 0.2) is 54.1 Å². The predicted molar refractivity (Wildman–Crippen MR) is 156 cm³/mol. The molecular formula is C34H46O4. The smallest absolute Gasteiger partial charge is 0.343 e. The number of ketones is 1. The van der Waals surface area contributed by atoms with E-state index in [-0.39, 0.29) is 17.6 Å². The average molecular weight is 519 g/mol. The number of esters is 1. The Hall–Kier alpha value is -2.88. The first-order chi connectivity index (χ1) is 18.4. The summed E-state index contributed by atoms with van der Waals surface area (Å²) < 4.78 is 11.4. The van der Waals surface area contributed by atoms with Crippen molar-refractivity contribution in [2.45, 2.75) is 91.9 Å². The van der Waals surface area contributed by atoms with Crippen molar-refractivity contribution in [3.63, 3.8) is 0 Å². The third kappa shape index (κ3) is 9.15. The van der Waals surface area contributed by atoms with Gasteiger partial charge >= 0.3 is 5.97 Å². The minimum absolute atomic E-state index is 0.105. The largest absolute Gasteiger partial charge is 0.494 e. The van der Waals surface area contributed by atoms with E-state index >= 15 is 0 Å². The zero-order chi connectivity index (χ0) is 27.3. The number of Topliss-reactive ketones (excluding diaryl/α,β-unsaturated/α-hetero) is 1. The first-order valence-corrected chi connectivity index (χ1v) is 14.7. The molecule has 1 saturated carbocycles. The highest BCUT2D eigenvalue weighted by molar-refractivity contribution is 6.02. The summed E-state index contributed by atoms with van der Waals surface area (Å²) in [7, 11) is 0. The Morgan fingerprint density at radius 2 is 1.47 bits per heavy atom. The summed E-state index contributed by atoms with van der Waals surface area (Å²) >= 11 is 0. The standard InChI is InChI=1S/C34H46O4/c1-5-6-7-8-9-10-11-12-23-37-29-18-20-30(21-19-29)38-34(36)28-16-14-27(15-17-28)24-32-26(4)13-22-31(25(2)3)33(32)35/h14-21,24-26,31H,5-13,22-23H2,1-4H3/b32-24+/t26-,31-/m1/s1. The lowest BCUT2D eigenvalue weighted by Crippen LogP contribution is -2.30. The number of carbonyl (C=O) groups excluding carboxylic acids is 2. The van der Waals surface area contributed by atoms with Gasteiger partial charge in [-0.3, -0.25) is 4.79 Å². The van der Waals surface area contributed by atoms with Crippen molar-refractivity contribution < 1.29 is 19.1 Å². The molecule has 206 valence electrons. The van der Waals surface area contributed by atoms with E-state index in [1.54, 1.807) is 24.3 Å². The molecule has 0 aromatic heterocycles. The van der Waals surface area contributed by atoms with Crippen LogP contribution in [0.5, 0.6) is 11.5 Å². The molecule has 0 spiro atoms. The molecule has 0 N–H and O–H groups in total. The van der Waals surface area contributed by atoms with Crippen LogP contribution < -0.4 is 9.47 Å². The molecule has 1 aliphatic rings. The van der Waals surface area contributed by atoms with Crippen LogP contribution in [0.1, 0.15) is 108 Å². The number of unbranched alkanes of at least 4 members (excludes halogenated alkanes) is 7. The maximum Gasteiger partial charge on any atom is 0.343 e. The van der Waals surface area contributed by atoms with Gasteiger partial charge in [0.15, 0.2) is 5.78 Å². The quantitative estimate of drug-likeness (QED) is 0.108. The first-order valence-electron chi connectivity index (χ1n) is 14.7. The Balaban J connectivity index is 1.45. The van der Waals surface area contributed by atoms with Crippen molar-refractivity contribution in [1.29, 1.82) is 0 Å². The second-order valence-corrected chi connectivity index (χ2v) is 11.1. The molecule has 2 aromatic rings. The number of hydrogen-bond acceptors (Lipinski definition) is 4. The molecule has 0 unspecified atom stereocenters. The van der Waals surface area contributed by atoms with E-state index in [0.29, 0.717) is 23.8 Å². The molecule has 0 radical (unpaired) electrons. The van der Waals surface area contributed by atoms with Gasteiger partial charge in [-0.2, -0.15) is 0 Å². The van der Waals surface area contributed by atoms with Crippen molar-refractivity contribution in [3.05, 3.63) is 65.2 Å². The van der Waals surface area contributed by atoms with Crippen molar-refractivity contribution in [2.24, 2.45) is 17.8 Å². The van der Waals surface area contributed by atoms with E-state index in [1.165, 1.54) is 44.9 Å². The minimum Gasteiger partial charge on any atom is -0.494 e. The third-order valence-electron chi connectivity index (χ3n) is 7.64. The summed E-state index contributed by atoms with van der Waals surface area (Å²) in [6.07, 6.45) is 14.2. The molecule has 0 bridgehead atoms. The zero-order valence-corrected chi connectivity index (χ0v) is 23.8. The Kier molecular flexibility index (Phi) is 12.1. The van der Waals surface area contributed by atoms with Gasteiger partial charge in [0.2, 0.25) is 0 Å². The van der Waals surface area contributed by atoms with Gasteiger partial charge in [0, 0.05) is 5.92 Å². The normalized spacial score (nSPS) is 18.7. The highest BCUT2D eigenvalue weighted by Crippen LogP contribution is 2.35. The zero-order valence-electron chi connectivity index (χ0n) is 23.8. The molecule has 4 nitrogen and oxygen atoms in total. The Bertz CT molecular complexity index is 1030. The van der Waals surface area contributed by atoms with Crippen LogP contribution in [0, 0.1) is 17.8 Å². The van der Waals surface area contributed by atoms with Crippen LogP contribution in [0.2, 0.25) is 0 Å². The van der Waals surface area contributed by atoms with Gasteiger partial charge in [-0.25, -0.2) is 4.79 Å². The van der Waals surface area contributed by atoms with Gasteiger partial charge in [-0.15, -0.1) is 0 Å². The Labute approximate surface area is 229 Å². The molecule has 0 heterocycles. The summed E-state index contributed by atoms with van der Waals surface area (Å²) in [5.41, 5.74) is 2.30. The molecule has 3 rings (SSSR count). The fourth-order valence-corrected chi connectivity index (χ4v) is 5.11. The number of hydrogen-bond donors (Lipinski definition) is 0. The number of rotatable bonds is 14. The fraction of sp³-hybridized carbons (Fsp3) is 0.529. The van der Waals surface area contributed by atoms with Gasteiger partial charge in [0.25, 0.3) is 0 Å². The lowest BCUT2D eigenvalue weighted by Gasteiger charge is -2.30. The van der Waals surface area contributed by atoms with Gasteiger partial charge in [-0.05, 0) is 84.7 Å².